The highest BCUT2D eigenvalue weighted by atomic mass is 35.5. The van der Waals surface area contributed by atoms with Crippen molar-refractivity contribution < 1.29 is 4.79 Å². The first kappa shape index (κ1) is 16.0. The lowest BCUT2D eigenvalue weighted by Crippen LogP contribution is -2.47. The van der Waals surface area contributed by atoms with Crippen molar-refractivity contribution >= 4 is 29.4 Å². The van der Waals surface area contributed by atoms with E-state index in [0.717, 1.165) is 23.7 Å². The molecule has 0 radical (unpaired) electrons. The third kappa shape index (κ3) is 3.54. The number of nitrogens with zero attached hydrogens (tertiary/aromatic N) is 1. The Morgan fingerprint density at radius 3 is 2.59 bits per heavy atom. The Morgan fingerprint density at radius 2 is 1.91 bits per heavy atom. The van der Waals surface area contributed by atoms with Gasteiger partial charge in [0, 0.05) is 17.1 Å². The Labute approximate surface area is 141 Å². The number of thioether (sulfide) groups is 1. The zero-order chi connectivity index (χ0) is 15.5. The number of nitrogens with one attached hydrogen (secondary N) is 1. The van der Waals surface area contributed by atoms with Crippen LogP contribution in [-0.4, -0.2) is 28.9 Å². The van der Waals surface area contributed by atoms with Crippen molar-refractivity contribution in [1.29, 1.82) is 0 Å². The van der Waals surface area contributed by atoms with Gasteiger partial charge in [-0.1, -0.05) is 43.0 Å². The average molecular weight is 339 g/mol. The van der Waals surface area contributed by atoms with Crippen LogP contribution >= 0.6 is 23.4 Å². The van der Waals surface area contributed by atoms with Gasteiger partial charge in [0.15, 0.2) is 0 Å². The van der Waals surface area contributed by atoms with E-state index in [9.17, 15) is 4.79 Å². The Morgan fingerprint density at radius 1 is 1.23 bits per heavy atom. The summed E-state index contributed by atoms with van der Waals surface area (Å²) >= 11 is 7.79. The van der Waals surface area contributed by atoms with Gasteiger partial charge in [-0.05, 0) is 37.5 Å². The number of benzene rings is 1. The molecule has 2 aliphatic rings. The second kappa shape index (κ2) is 7.14. The molecule has 0 spiro atoms. The first-order valence-electron chi connectivity index (χ1n) is 8.09. The van der Waals surface area contributed by atoms with Gasteiger partial charge in [-0.25, -0.2) is 4.79 Å². The minimum absolute atomic E-state index is 0.100. The van der Waals surface area contributed by atoms with Crippen LogP contribution in [0, 0.1) is 0 Å². The van der Waals surface area contributed by atoms with Crippen LogP contribution in [0.3, 0.4) is 0 Å². The number of hydrogen-bond donors (Lipinski definition) is 1. The average Bonchev–Trinajstić information content (AvgIpc) is 2.91. The first-order valence-corrected chi connectivity index (χ1v) is 9.52. The molecule has 5 heteroatoms. The molecule has 0 bridgehead atoms. The van der Waals surface area contributed by atoms with Gasteiger partial charge >= 0.3 is 6.03 Å². The standard InChI is InChI=1S/C17H23ClN2OS/c1-12-16(13-7-9-14(18)10-8-13)22-11-20(12)17(21)19-15-5-3-2-4-6-15/h7-10,12,15-16H,2-6,11H2,1H3,(H,19,21). The molecule has 1 aromatic rings. The fraction of sp³-hybridized carbons (Fsp3) is 0.588. The smallest absolute Gasteiger partial charge is 0.318 e. The second-order valence-electron chi connectivity index (χ2n) is 6.26. The number of amides is 2. The van der Waals surface area contributed by atoms with Gasteiger partial charge in [0.2, 0.25) is 0 Å². The number of urea groups is 1. The minimum atomic E-state index is 0.100. The molecule has 22 heavy (non-hydrogen) atoms. The van der Waals surface area contributed by atoms with Crippen molar-refractivity contribution in [2.45, 2.75) is 56.4 Å². The van der Waals surface area contributed by atoms with Gasteiger partial charge in [0.1, 0.15) is 0 Å². The van der Waals surface area contributed by atoms with E-state index in [1.54, 1.807) is 0 Å². The number of halogens is 1. The zero-order valence-electron chi connectivity index (χ0n) is 12.9. The number of carbonyl (C=O) groups is 1. The van der Waals surface area contributed by atoms with Gasteiger partial charge in [-0.2, -0.15) is 0 Å². The van der Waals surface area contributed by atoms with Crippen LogP contribution in [0.2, 0.25) is 5.02 Å². The highest BCUT2D eigenvalue weighted by molar-refractivity contribution is 7.99. The molecule has 3 rings (SSSR count). The monoisotopic (exact) mass is 338 g/mol. The lowest BCUT2D eigenvalue weighted by molar-refractivity contribution is 0.187. The summed E-state index contributed by atoms with van der Waals surface area (Å²) < 4.78 is 0. The fourth-order valence-corrected chi connectivity index (χ4v) is 4.93. The van der Waals surface area contributed by atoms with Gasteiger partial charge in [-0.15, -0.1) is 11.8 Å². The van der Waals surface area contributed by atoms with E-state index in [4.69, 9.17) is 11.6 Å². The van der Waals surface area contributed by atoms with Crippen LogP contribution in [0.5, 0.6) is 0 Å². The molecule has 3 nitrogen and oxygen atoms in total. The van der Waals surface area contributed by atoms with Crippen LogP contribution < -0.4 is 5.32 Å². The Balaban J connectivity index is 1.61. The Bertz CT molecular complexity index is 516. The van der Waals surface area contributed by atoms with E-state index in [1.165, 1.54) is 24.8 Å². The van der Waals surface area contributed by atoms with Crippen molar-refractivity contribution in [2.24, 2.45) is 0 Å². The second-order valence-corrected chi connectivity index (χ2v) is 7.80. The predicted molar refractivity (Wildman–Crippen MR) is 93.4 cm³/mol. The molecule has 120 valence electrons. The summed E-state index contributed by atoms with van der Waals surface area (Å²) in [4.78, 5) is 14.5. The number of hydrogen-bond acceptors (Lipinski definition) is 2. The van der Waals surface area contributed by atoms with Crippen LogP contribution in [-0.2, 0) is 0 Å². The van der Waals surface area contributed by atoms with Crippen LogP contribution in [0.4, 0.5) is 4.79 Å². The molecule has 1 heterocycles. The fourth-order valence-electron chi connectivity index (χ4n) is 3.36. The van der Waals surface area contributed by atoms with Crippen molar-refractivity contribution in [1.82, 2.24) is 10.2 Å². The van der Waals surface area contributed by atoms with Crippen LogP contribution in [0.15, 0.2) is 24.3 Å². The molecule has 0 aromatic heterocycles. The molecule has 2 fully saturated rings. The van der Waals surface area contributed by atoms with E-state index >= 15 is 0 Å². The maximum atomic E-state index is 12.5. The summed E-state index contributed by atoms with van der Waals surface area (Å²) in [7, 11) is 0. The first-order chi connectivity index (χ1) is 10.6. The Kier molecular flexibility index (Phi) is 5.19. The molecule has 1 N–H and O–H groups in total. The van der Waals surface area contributed by atoms with Crippen molar-refractivity contribution in [2.75, 3.05) is 5.88 Å². The predicted octanol–water partition coefficient (Wildman–Crippen LogP) is 4.82. The molecular formula is C17H23ClN2OS. The molecular weight excluding hydrogens is 316 g/mol. The molecule has 2 atom stereocenters. The van der Waals surface area contributed by atoms with E-state index in [0.29, 0.717) is 11.3 Å². The zero-order valence-corrected chi connectivity index (χ0v) is 14.5. The molecule has 1 saturated heterocycles. The normalized spacial score (nSPS) is 26.2. The summed E-state index contributed by atoms with van der Waals surface area (Å²) in [6.07, 6.45) is 6.04. The van der Waals surface area contributed by atoms with E-state index < -0.39 is 0 Å². The third-order valence-corrected chi connectivity index (χ3v) is 6.42. The lowest BCUT2D eigenvalue weighted by atomic mass is 9.96. The summed E-state index contributed by atoms with van der Waals surface area (Å²) in [6, 6.07) is 8.66. The quantitative estimate of drug-likeness (QED) is 0.838. The highest BCUT2D eigenvalue weighted by Crippen LogP contribution is 2.41. The summed E-state index contributed by atoms with van der Waals surface area (Å²) in [5.74, 6) is 0.757. The van der Waals surface area contributed by atoms with Crippen LogP contribution in [0.1, 0.15) is 49.8 Å². The molecule has 1 saturated carbocycles. The molecule has 2 unspecified atom stereocenters. The molecule has 2 amide bonds. The molecule has 1 aliphatic carbocycles. The van der Waals surface area contributed by atoms with Crippen molar-refractivity contribution in [3.8, 4) is 0 Å². The van der Waals surface area contributed by atoms with E-state index in [1.807, 2.05) is 28.8 Å². The number of rotatable bonds is 2. The third-order valence-electron chi connectivity index (χ3n) is 4.72. The van der Waals surface area contributed by atoms with Gasteiger partial charge in [-0.3, -0.25) is 0 Å². The van der Waals surface area contributed by atoms with Gasteiger partial charge in [0.05, 0.1) is 11.1 Å². The van der Waals surface area contributed by atoms with E-state index in [2.05, 4.69) is 24.4 Å². The SMILES string of the molecule is CC1C(c2ccc(Cl)cc2)SCN1C(=O)NC1CCCCC1. The largest absolute Gasteiger partial charge is 0.335 e. The number of carbonyl (C=O) groups excluding carboxylic acids is 1. The Hall–Kier alpha value is -0.870. The van der Waals surface area contributed by atoms with E-state index in [-0.39, 0.29) is 12.1 Å². The van der Waals surface area contributed by atoms with Crippen LogP contribution in [0.25, 0.3) is 0 Å². The molecule has 1 aromatic carbocycles. The maximum Gasteiger partial charge on any atom is 0.318 e. The topological polar surface area (TPSA) is 32.3 Å². The maximum absolute atomic E-state index is 12.5. The van der Waals surface area contributed by atoms with Gasteiger partial charge in [0.25, 0.3) is 0 Å². The van der Waals surface area contributed by atoms with Crippen molar-refractivity contribution in [3.05, 3.63) is 34.9 Å². The van der Waals surface area contributed by atoms with Gasteiger partial charge < -0.3 is 10.2 Å². The van der Waals surface area contributed by atoms with Crippen molar-refractivity contribution in [3.63, 3.8) is 0 Å². The minimum Gasteiger partial charge on any atom is -0.335 e. The summed E-state index contributed by atoms with van der Waals surface area (Å²) in [5, 5.41) is 4.31. The highest BCUT2D eigenvalue weighted by Gasteiger charge is 2.36. The lowest BCUT2D eigenvalue weighted by Gasteiger charge is -2.28. The molecule has 1 aliphatic heterocycles. The summed E-state index contributed by atoms with van der Waals surface area (Å²) in [5.41, 5.74) is 1.25. The summed E-state index contributed by atoms with van der Waals surface area (Å²) in [6.45, 7) is 2.14.